The average Bonchev–Trinajstić information content (AvgIpc) is 3.47. The Hall–Kier alpha value is -1.65. The van der Waals surface area contributed by atoms with Crippen LogP contribution in [0.15, 0.2) is 45.9 Å². The number of fused-ring (bicyclic) bond motifs is 1. The highest BCUT2D eigenvalue weighted by molar-refractivity contribution is 7.22. The molecule has 0 spiro atoms. The summed E-state index contributed by atoms with van der Waals surface area (Å²) in [6.07, 6.45) is 16.3. The molecule has 1 aliphatic carbocycles. The molecule has 2 bridgehead atoms. The smallest absolute Gasteiger partial charge is 0.137 e. The highest BCUT2D eigenvalue weighted by Crippen LogP contribution is 2.42. The second-order valence-corrected chi connectivity index (χ2v) is 10.1. The van der Waals surface area contributed by atoms with Gasteiger partial charge in [-0.1, -0.05) is 45.1 Å². The fraction of sp³-hybridized carbons (Fsp3) is 0.480. The number of thiophene rings is 2. The number of ether oxygens (including phenoxy) is 1. The fourth-order valence-corrected chi connectivity index (χ4v) is 6.24. The molecule has 4 rings (SSSR count). The van der Waals surface area contributed by atoms with Crippen LogP contribution in [0, 0.1) is 5.92 Å². The van der Waals surface area contributed by atoms with Crippen LogP contribution in [-0.4, -0.2) is 12.8 Å². The van der Waals surface area contributed by atoms with Gasteiger partial charge in [-0.15, -0.1) is 22.7 Å². The van der Waals surface area contributed by atoms with E-state index >= 15 is 0 Å². The Bertz CT molecular complexity index is 901. The van der Waals surface area contributed by atoms with E-state index in [0.29, 0.717) is 5.92 Å². The van der Waals surface area contributed by atoms with E-state index < -0.39 is 0 Å². The van der Waals surface area contributed by atoms with Crippen molar-refractivity contribution in [1.29, 1.82) is 0 Å². The lowest BCUT2D eigenvalue weighted by Crippen LogP contribution is -2.06. The number of methoxy groups -OCH3 is 1. The number of unbranched alkanes of at least 4 members (excludes halogenated alkanes) is 1. The minimum absolute atomic E-state index is 0.642. The number of hydrogen-bond acceptors (Lipinski definition) is 4. The monoisotopic (exact) mass is 425 g/mol. The molecule has 0 amide bonds. The molecule has 0 fully saturated rings. The summed E-state index contributed by atoms with van der Waals surface area (Å²) in [6.45, 7) is 2.30. The molecule has 1 unspecified atom stereocenters. The molecule has 2 aromatic rings. The first-order valence-electron chi connectivity index (χ1n) is 11.0. The second-order valence-electron chi connectivity index (χ2n) is 8.05. The topological polar surface area (TPSA) is 21.6 Å². The summed E-state index contributed by atoms with van der Waals surface area (Å²) in [6, 6.07) is 6.47. The van der Waals surface area contributed by atoms with Crippen LogP contribution >= 0.6 is 22.7 Å². The minimum atomic E-state index is 0.642. The van der Waals surface area contributed by atoms with Gasteiger partial charge in [0.05, 0.1) is 17.7 Å². The van der Waals surface area contributed by atoms with Crippen molar-refractivity contribution in [3.8, 4) is 15.5 Å². The van der Waals surface area contributed by atoms with Gasteiger partial charge in [0.1, 0.15) is 5.75 Å². The van der Waals surface area contributed by atoms with E-state index in [9.17, 15) is 0 Å². The van der Waals surface area contributed by atoms with E-state index in [-0.39, 0.29) is 0 Å². The molecule has 2 aromatic heterocycles. The zero-order valence-corrected chi connectivity index (χ0v) is 19.2. The Morgan fingerprint density at radius 1 is 1.21 bits per heavy atom. The van der Waals surface area contributed by atoms with Crippen LogP contribution in [0.4, 0.5) is 0 Å². The molecule has 2 nitrogen and oxygen atoms in total. The first-order chi connectivity index (χ1) is 14.3. The summed E-state index contributed by atoms with van der Waals surface area (Å²) in [5, 5.41) is 2.13. The van der Waals surface area contributed by atoms with E-state index in [1.54, 1.807) is 18.4 Å². The molecule has 3 heterocycles. The summed E-state index contributed by atoms with van der Waals surface area (Å²) < 4.78 is 5.73. The molecule has 0 radical (unpaired) electrons. The fourth-order valence-electron chi connectivity index (χ4n) is 4.34. The van der Waals surface area contributed by atoms with Crippen molar-refractivity contribution in [2.24, 2.45) is 10.9 Å². The molecule has 29 heavy (non-hydrogen) atoms. The first-order valence-corrected chi connectivity index (χ1v) is 12.7. The highest BCUT2D eigenvalue weighted by Gasteiger charge is 2.24. The van der Waals surface area contributed by atoms with Crippen molar-refractivity contribution in [2.75, 3.05) is 7.11 Å². The van der Waals surface area contributed by atoms with Gasteiger partial charge >= 0.3 is 0 Å². The van der Waals surface area contributed by atoms with Crippen LogP contribution < -0.4 is 4.74 Å². The van der Waals surface area contributed by atoms with Crippen LogP contribution in [0.25, 0.3) is 15.8 Å². The lowest BCUT2D eigenvalue weighted by atomic mass is 9.86. The molecule has 2 aliphatic rings. The third kappa shape index (κ3) is 4.92. The lowest BCUT2D eigenvalue weighted by molar-refractivity contribution is 0.416. The van der Waals surface area contributed by atoms with Crippen molar-refractivity contribution >= 4 is 34.5 Å². The van der Waals surface area contributed by atoms with Gasteiger partial charge in [-0.3, -0.25) is 4.99 Å². The molecule has 1 atom stereocenters. The quantitative estimate of drug-likeness (QED) is 0.455. The lowest BCUT2D eigenvalue weighted by Gasteiger charge is -2.19. The maximum atomic E-state index is 5.73. The molecular formula is C25H31NOS2. The zero-order chi connectivity index (χ0) is 20.1. The largest absolute Gasteiger partial charge is 0.495 e. The molecule has 0 N–H and O–H groups in total. The number of rotatable bonds is 6. The van der Waals surface area contributed by atoms with E-state index in [2.05, 4.69) is 42.7 Å². The number of aliphatic imine (C=N–C) groups is 1. The van der Waals surface area contributed by atoms with Gasteiger partial charge in [-0.2, -0.15) is 0 Å². The van der Waals surface area contributed by atoms with Gasteiger partial charge in [0.15, 0.2) is 0 Å². The van der Waals surface area contributed by atoms with Crippen molar-refractivity contribution in [1.82, 2.24) is 0 Å². The second kappa shape index (κ2) is 9.90. The van der Waals surface area contributed by atoms with E-state index in [1.807, 2.05) is 11.3 Å². The third-order valence-electron chi connectivity index (χ3n) is 5.94. The van der Waals surface area contributed by atoms with E-state index in [0.717, 1.165) is 12.2 Å². The minimum Gasteiger partial charge on any atom is -0.495 e. The van der Waals surface area contributed by atoms with Crippen molar-refractivity contribution in [3.63, 3.8) is 0 Å². The van der Waals surface area contributed by atoms with Gasteiger partial charge in [-0.05, 0) is 60.8 Å². The molecular weight excluding hydrogens is 394 g/mol. The maximum absolute atomic E-state index is 5.73. The third-order valence-corrected chi connectivity index (χ3v) is 8.07. The van der Waals surface area contributed by atoms with Crippen LogP contribution in [0.2, 0.25) is 0 Å². The first kappa shape index (κ1) is 20.6. The summed E-state index contributed by atoms with van der Waals surface area (Å²) in [5.41, 5.74) is 3.94. The van der Waals surface area contributed by atoms with Gasteiger partial charge in [0.2, 0.25) is 0 Å². The highest BCUT2D eigenvalue weighted by atomic mass is 32.1. The summed E-state index contributed by atoms with van der Waals surface area (Å²) in [5.74, 6) is 1.60. The predicted octanol–water partition coefficient (Wildman–Crippen LogP) is 8.37. The van der Waals surface area contributed by atoms with Gasteiger partial charge in [0, 0.05) is 21.5 Å². The Balaban J connectivity index is 1.68. The van der Waals surface area contributed by atoms with Gasteiger partial charge in [-0.25, -0.2) is 0 Å². The number of allylic oxidation sites excluding steroid dienone is 2. The number of hydrogen-bond donors (Lipinski definition) is 0. The Morgan fingerprint density at radius 3 is 2.90 bits per heavy atom. The molecule has 154 valence electrons. The van der Waals surface area contributed by atoms with Crippen LogP contribution in [0.5, 0.6) is 5.75 Å². The maximum Gasteiger partial charge on any atom is 0.137 e. The molecule has 4 heteroatoms. The van der Waals surface area contributed by atoms with Gasteiger partial charge < -0.3 is 4.74 Å². The van der Waals surface area contributed by atoms with Crippen molar-refractivity contribution in [3.05, 3.63) is 45.8 Å². The summed E-state index contributed by atoms with van der Waals surface area (Å²) in [7, 11) is 1.77. The average molecular weight is 426 g/mol. The van der Waals surface area contributed by atoms with Crippen LogP contribution in [0.3, 0.4) is 0 Å². The number of nitrogens with zero attached hydrogens (tertiary/aromatic N) is 1. The Morgan fingerprint density at radius 2 is 2.10 bits per heavy atom. The summed E-state index contributed by atoms with van der Waals surface area (Å²) in [4.78, 5) is 8.86. The molecule has 0 aromatic carbocycles. The van der Waals surface area contributed by atoms with E-state index in [1.165, 1.54) is 83.0 Å². The summed E-state index contributed by atoms with van der Waals surface area (Å²) >= 11 is 3.59. The van der Waals surface area contributed by atoms with Crippen LogP contribution in [-0.2, 0) is 0 Å². The zero-order valence-electron chi connectivity index (χ0n) is 17.6. The van der Waals surface area contributed by atoms with E-state index in [4.69, 9.17) is 9.73 Å². The Kier molecular flexibility index (Phi) is 7.04. The van der Waals surface area contributed by atoms with Crippen molar-refractivity contribution in [2.45, 2.75) is 64.7 Å². The molecule has 0 saturated carbocycles. The van der Waals surface area contributed by atoms with Crippen LogP contribution in [0.1, 0.15) is 69.6 Å². The SMILES string of the molecule is CCCCC1CCCCCCC2=N/C(=C/c3sc(-c4cccs4)cc3OC)C1=C2. The standard InChI is InChI=1S/C25H31NOS2/c1-3-4-10-18-11-7-5-6-8-12-19-15-20(18)21(26-19)16-24-22(27-2)17-25(29-24)23-13-9-14-28-23/h9,13-18H,3-8,10-12H2,1-2H3/b21-16+. The Labute approximate surface area is 183 Å². The normalized spacial score (nSPS) is 21.2. The molecule has 1 aliphatic heterocycles. The van der Waals surface area contributed by atoms with Gasteiger partial charge in [0.25, 0.3) is 0 Å². The molecule has 0 saturated heterocycles. The predicted molar refractivity (Wildman–Crippen MR) is 128 cm³/mol. The van der Waals surface area contributed by atoms with Crippen molar-refractivity contribution < 1.29 is 4.74 Å².